The lowest BCUT2D eigenvalue weighted by molar-refractivity contribution is -0.0883. The minimum absolute atomic E-state index is 0.137. The van der Waals surface area contributed by atoms with E-state index in [-0.39, 0.29) is 23.7 Å². The minimum atomic E-state index is -4.61. The molecule has 2 aromatic heterocycles. The second kappa shape index (κ2) is 10.1. The summed E-state index contributed by atoms with van der Waals surface area (Å²) in [5, 5.41) is 20.9. The van der Waals surface area contributed by atoms with Crippen molar-refractivity contribution in [1.29, 1.82) is 0 Å². The third kappa shape index (κ3) is 5.17. The molecule has 0 saturated heterocycles. The molecule has 4 rings (SSSR count). The number of halogens is 4. The van der Waals surface area contributed by atoms with E-state index < -0.39 is 23.8 Å². The fraction of sp³-hybridized carbons (Fsp3) is 0.360. The second-order valence-corrected chi connectivity index (χ2v) is 8.34. The highest BCUT2D eigenvalue weighted by Crippen LogP contribution is 2.36. The van der Waals surface area contributed by atoms with Crippen LogP contribution in [0.25, 0.3) is 11.6 Å². The zero-order valence-electron chi connectivity index (χ0n) is 19.4. The Morgan fingerprint density at radius 1 is 1.37 bits per heavy atom. The first-order valence-corrected chi connectivity index (χ1v) is 11.5. The van der Waals surface area contributed by atoms with Crippen molar-refractivity contribution in [1.82, 2.24) is 20.1 Å². The highest BCUT2D eigenvalue weighted by Gasteiger charge is 2.33. The van der Waals surface area contributed by atoms with E-state index in [0.29, 0.717) is 17.9 Å². The monoisotopic (exact) mass is 489 g/mol. The van der Waals surface area contributed by atoms with Crippen molar-refractivity contribution < 1.29 is 22.7 Å². The summed E-state index contributed by atoms with van der Waals surface area (Å²) in [6, 6.07) is 3.12. The quantitative estimate of drug-likeness (QED) is 0.346. The Morgan fingerprint density at radius 2 is 2.17 bits per heavy atom. The number of aliphatic hydroxyl groups is 1. The van der Waals surface area contributed by atoms with E-state index in [1.165, 1.54) is 6.92 Å². The number of nitrogens with zero attached hydrogens (tertiary/aromatic N) is 3. The highest BCUT2D eigenvalue weighted by molar-refractivity contribution is 5.77. The van der Waals surface area contributed by atoms with Gasteiger partial charge in [-0.15, -0.1) is 0 Å². The van der Waals surface area contributed by atoms with Crippen LogP contribution in [0.1, 0.15) is 67.9 Å². The summed E-state index contributed by atoms with van der Waals surface area (Å²) in [5.74, 6) is -0.206. The lowest BCUT2D eigenvalue weighted by atomic mass is 10.00. The molecule has 0 spiro atoms. The Kier molecular flexibility index (Phi) is 7.11. The molecule has 2 atom stereocenters. The van der Waals surface area contributed by atoms with Crippen LogP contribution in [0.2, 0.25) is 0 Å². The number of alkyl halides is 3. The maximum atomic E-state index is 14.8. The normalized spacial score (nSPS) is 20.8. The van der Waals surface area contributed by atoms with E-state index in [2.05, 4.69) is 20.7 Å². The molecule has 186 valence electrons. The van der Waals surface area contributed by atoms with Crippen LogP contribution >= 0.6 is 0 Å². The summed E-state index contributed by atoms with van der Waals surface area (Å²) < 4.78 is 57.1. The number of aryl methyl sites for hydroxylation is 1. The average Bonchev–Trinajstić information content (AvgIpc) is 3.26. The van der Waals surface area contributed by atoms with Gasteiger partial charge in [0.2, 0.25) is 0 Å². The van der Waals surface area contributed by atoms with Crippen LogP contribution in [-0.4, -0.2) is 26.0 Å². The summed E-state index contributed by atoms with van der Waals surface area (Å²) in [6.45, 7) is 3.59. The lowest BCUT2D eigenvalue weighted by Gasteiger charge is -2.27. The Morgan fingerprint density at radius 3 is 2.89 bits per heavy atom. The van der Waals surface area contributed by atoms with Gasteiger partial charge in [0, 0.05) is 29.4 Å². The minimum Gasteiger partial charge on any atom is -0.369 e. The van der Waals surface area contributed by atoms with Gasteiger partial charge in [-0.25, -0.2) is 9.37 Å². The topological polar surface area (TPSA) is 75.0 Å². The molecular formula is C25H27F4N5O. The Balaban J connectivity index is 1.72. The summed E-state index contributed by atoms with van der Waals surface area (Å²) in [5.41, 5.74) is 1.17. The molecule has 2 aromatic rings. The fourth-order valence-electron chi connectivity index (χ4n) is 4.31. The molecule has 2 unspecified atom stereocenters. The number of nitrogens with one attached hydrogen (secondary N) is 2. The van der Waals surface area contributed by atoms with Gasteiger partial charge in [0.15, 0.2) is 6.23 Å². The molecule has 0 bridgehead atoms. The van der Waals surface area contributed by atoms with Gasteiger partial charge in [0.05, 0.1) is 23.0 Å². The summed E-state index contributed by atoms with van der Waals surface area (Å²) >= 11 is 0. The standard InChI is InChI=1S/C25H27F4N5O/c1-3-6-15(25(27,28)29)13-18(19(26)4-2)21-14-22-20(7-5-12-34(22)33-21)32-23-16-8-11-31-24(35)17(16)9-10-30-23/h4,6,8-11,13-14,20,24,31,35H,3,5,7,12H2,1-2H3,(H,30,32)/b15-6-,18-13+,19-4+. The van der Waals surface area contributed by atoms with Gasteiger partial charge in [0.25, 0.3) is 0 Å². The van der Waals surface area contributed by atoms with Crippen LogP contribution in [0, 0.1) is 0 Å². The first kappa shape index (κ1) is 24.7. The first-order chi connectivity index (χ1) is 16.7. The SMILES string of the molecule is C\C=C(F)/C(=C\C(=C\CC)C(F)(F)F)c1cc2n(n1)CCCC2Nc1nccc2c1C=CNC2O. The molecule has 10 heteroatoms. The average molecular weight is 490 g/mol. The number of aliphatic hydroxyl groups excluding tert-OH is 1. The maximum absolute atomic E-state index is 14.8. The third-order valence-corrected chi connectivity index (χ3v) is 6.00. The smallest absolute Gasteiger partial charge is 0.369 e. The number of hydrogen-bond acceptors (Lipinski definition) is 5. The van der Waals surface area contributed by atoms with Crippen molar-refractivity contribution in [2.75, 3.05) is 5.32 Å². The number of hydrogen-bond donors (Lipinski definition) is 3. The van der Waals surface area contributed by atoms with E-state index in [9.17, 15) is 22.7 Å². The molecule has 6 nitrogen and oxygen atoms in total. The molecule has 0 amide bonds. The lowest BCUT2D eigenvalue weighted by Crippen LogP contribution is -2.24. The number of pyridine rings is 1. The van der Waals surface area contributed by atoms with E-state index >= 15 is 0 Å². The molecule has 0 fully saturated rings. The highest BCUT2D eigenvalue weighted by atomic mass is 19.4. The molecule has 0 aliphatic carbocycles. The fourth-order valence-corrected chi connectivity index (χ4v) is 4.31. The molecule has 2 aliphatic rings. The summed E-state index contributed by atoms with van der Waals surface area (Å²) in [4.78, 5) is 4.42. The van der Waals surface area contributed by atoms with Gasteiger partial charge >= 0.3 is 6.18 Å². The molecule has 4 heterocycles. The van der Waals surface area contributed by atoms with E-state index in [4.69, 9.17) is 0 Å². The van der Waals surface area contributed by atoms with Crippen molar-refractivity contribution in [3.05, 3.63) is 76.7 Å². The van der Waals surface area contributed by atoms with Crippen LogP contribution in [0.5, 0.6) is 0 Å². The van der Waals surface area contributed by atoms with Crippen LogP contribution in [0.15, 0.2) is 54.2 Å². The van der Waals surface area contributed by atoms with Crippen LogP contribution in [0.3, 0.4) is 0 Å². The molecule has 0 radical (unpaired) electrons. The van der Waals surface area contributed by atoms with Crippen molar-refractivity contribution in [2.45, 2.75) is 58.1 Å². The molecular weight excluding hydrogens is 462 g/mol. The summed E-state index contributed by atoms with van der Waals surface area (Å²) in [7, 11) is 0. The predicted octanol–water partition coefficient (Wildman–Crippen LogP) is 5.95. The Bertz CT molecular complexity index is 1210. The van der Waals surface area contributed by atoms with E-state index in [1.807, 2.05) is 6.08 Å². The number of rotatable bonds is 6. The number of allylic oxidation sites excluding steroid dienone is 6. The van der Waals surface area contributed by atoms with Gasteiger partial charge in [-0.1, -0.05) is 19.1 Å². The third-order valence-electron chi connectivity index (χ3n) is 6.00. The first-order valence-electron chi connectivity index (χ1n) is 11.5. The van der Waals surface area contributed by atoms with Crippen LogP contribution in [-0.2, 0) is 6.54 Å². The molecule has 3 N–H and O–H groups in total. The van der Waals surface area contributed by atoms with Crippen molar-refractivity contribution in [3.8, 4) is 0 Å². The zero-order chi connectivity index (χ0) is 25.2. The van der Waals surface area contributed by atoms with Crippen molar-refractivity contribution in [2.24, 2.45) is 0 Å². The van der Waals surface area contributed by atoms with E-state index in [0.717, 1.165) is 42.3 Å². The van der Waals surface area contributed by atoms with Gasteiger partial charge < -0.3 is 15.7 Å². The Labute approximate surface area is 200 Å². The van der Waals surface area contributed by atoms with Gasteiger partial charge in [-0.3, -0.25) is 4.68 Å². The number of fused-ring (bicyclic) bond motifs is 2. The molecule has 0 aromatic carbocycles. The van der Waals surface area contributed by atoms with Crippen molar-refractivity contribution >= 4 is 17.5 Å². The molecule has 35 heavy (non-hydrogen) atoms. The van der Waals surface area contributed by atoms with E-state index in [1.54, 1.807) is 36.1 Å². The largest absolute Gasteiger partial charge is 0.416 e. The summed E-state index contributed by atoms with van der Waals surface area (Å²) in [6.07, 6.45) is 4.24. The zero-order valence-corrected chi connectivity index (χ0v) is 19.4. The Hall–Kier alpha value is -3.40. The maximum Gasteiger partial charge on any atom is 0.416 e. The predicted molar refractivity (Wildman–Crippen MR) is 126 cm³/mol. The second-order valence-electron chi connectivity index (χ2n) is 8.34. The van der Waals surface area contributed by atoms with Gasteiger partial charge in [0.1, 0.15) is 11.6 Å². The molecule has 2 aliphatic heterocycles. The van der Waals surface area contributed by atoms with Gasteiger partial charge in [-0.05, 0) is 56.7 Å². The van der Waals surface area contributed by atoms with Crippen LogP contribution < -0.4 is 10.6 Å². The van der Waals surface area contributed by atoms with Gasteiger partial charge in [-0.2, -0.15) is 18.3 Å². The number of aromatic nitrogens is 3. The molecule has 0 saturated carbocycles. The van der Waals surface area contributed by atoms with Crippen molar-refractivity contribution in [3.63, 3.8) is 0 Å². The number of anilines is 1. The van der Waals surface area contributed by atoms with Crippen LogP contribution in [0.4, 0.5) is 23.4 Å².